The molecule has 0 saturated heterocycles. The van der Waals surface area contributed by atoms with Gasteiger partial charge in [0.15, 0.2) is 0 Å². The smallest absolute Gasteiger partial charge is 0.00128 e. The summed E-state index contributed by atoms with van der Waals surface area (Å²) in [4.78, 5) is 0. The third-order valence-corrected chi connectivity index (χ3v) is 7.00. The molecule has 0 N–H and O–H groups in total. The summed E-state index contributed by atoms with van der Waals surface area (Å²) >= 11 is 0. The van der Waals surface area contributed by atoms with E-state index in [1.165, 1.54) is 41.5 Å². The molecule has 0 spiro atoms. The van der Waals surface area contributed by atoms with Gasteiger partial charge in [-0.3, -0.25) is 12.2 Å². The van der Waals surface area contributed by atoms with Crippen molar-refractivity contribution in [2.24, 2.45) is 5.92 Å². The minimum absolute atomic E-state index is 0. The van der Waals surface area contributed by atoms with Crippen LogP contribution in [0.25, 0.3) is 0 Å². The molecule has 4 rings (SSSR count). The Morgan fingerprint density at radius 2 is 1.69 bits per heavy atom. The van der Waals surface area contributed by atoms with Crippen molar-refractivity contribution in [2.45, 2.75) is 65.3 Å². The van der Waals surface area contributed by atoms with Crippen molar-refractivity contribution < 1.29 is 52.4 Å². The summed E-state index contributed by atoms with van der Waals surface area (Å²) in [5.41, 5.74) is 12.0. The molecule has 0 amide bonds. The predicted octanol–water partition coefficient (Wildman–Crippen LogP) is 5.36. The molecular weight excluding hydrogens is 487 g/mol. The van der Waals surface area contributed by atoms with Crippen molar-refractivity contribution in [1.29, 1.82) is 0 Å². The largest absolute Gasteiger partial charge is 0.273 e. The van der Waals surface area contributed by atoms with Crippen molar-refractivity contribution in [3.05, 3.63) is 69.4 Å². The normalized spacial score (nSPS) is 26.4. The zero-order valence-corrected chi connectivity index (χ0v) is 23.8. The van der Waals surface area contributed by atoms with E-state index in [9.17, 15) is 0 Å². The molecule has 3 heteroatoms. The van der Waals surface area contributed by atoms with Crippen molar-refractivity contribution in [1.82, 2.24) is 0 Å². The van der Waals surface area contributed by atoms with E-state index in [4.69, 9.17) is 0 Å². The fourth-order valence-electron chi connectivity index (χ4n) is 4.49. The summed E-state index contributed by atoms with van der Waals surface area (Å²) in [6, 6.07) is 0. The average Bonchev–Trinajstić information content (AvgIpc) is 3.28. The first-order valence-corrected chi connectivity index (χ1v) is 10.6. The van der Waals surface area contributed by atoms with Crippen molar-refractivity contribution >= 4 is 10.2 Å². The Labute approximate surface area is 201 Å². The SMILES string of the molecule is CC1=C(C)C(C)C(C2=C3CCCCC3=[C-]C2[SiH3])=C1C.[C-]1=CC=CC1.[Zr].[Zr]. The van der Waals surface area contributed by atoms with E-state index in [2.05, 4.69) is 45.9 Å². The van der Waals surface area contributed by atoms with Crippen LogP contribution in [-0.4, -0.2) is 10.2 Å². The molecule has 1 saturated carbocycles. The molecule has 0 nitrogen and oxygen atoms in total. The van der Waals surface area contributed by atoms with E-state index in [-0.39, 0.29) is 52.4 Å². The van der Waals surface area contributed by atoms with Gasteiger partial charge in [0.2, 0.25) is 0 Å². The van der Waals surface area contributed by atoms with Gasteiger partial charge in [-0.25, -0.2) is 17.7 Å². The van der Waals surface area contributed by atoms with Gasteiger partial charge in [-0.1, -0.05) is 43.8 Å². The van der Waals surface area contributed by atoms with Gasteiger partial charge in [0, 0.05) is 58.3 Å². The summed E-state index contributed by atoms with van der Waals surface area (Å²) in [5, 5.41) is 0. The molecule has 0 aromatic rings. The minimum Gasteiger partial charge on any atom is -0.273 e. The Morgan fingerprint density at radius 3 is 2.19 bits per heavy atom. The Kier molecular flexibility index (Phi) is 10.2. The zero-order chi connectivity index (χ0) is 17.3. The van der Waals surface area contributed by atoms with Crippen molar-refractivity contribution in [3.63, 3.8) is 0 Å². The summed E-state index contributed by atoms with van der Waals surface area (Å²) in [6.07, 6.45) is 19.1. The van der Waals surface area contributed by atoms with Gasteiger partial charge in [-0.05, 0) is 42.2 Å². The third kappa shape index (κ3) is 4.88. The maximum absolute atomic E-state index is 3.81. The van der Waals surface area contributed by atoms with Crippen molar-refractivity contribution in [2.75, 3.05) is 0 Å². The van der Waals surface area contributed by atoms with E-state index >= 15 is 0 Å². The van der Waals surface area contributed by atoms with Gasteiger partial charge in [-0.2, -0.15) is 11.6 Å². The summed E-state index contributed by atoms with van der Waals surface area (Å²) in [6.45, 7) is 9.35. The van der Waals surface area contributed by atoms with Gasteiger partial charge < -0.3 is 0 Å². The fraction of sp³-hybridized carbons (Fsp3) is 0.478. The Balaban J connectivity index is 0.000000421. The van der Waals surface area contributed by atoms with Crippen LogP contribution in [0.4, 0.5) is 0 Å². The van der Waals surface area contributed by atoms with E-state index in [0.29, 0.717) is 11.5 Å². The van der Waals surface area contributed by atoms with E-state index in [0.717, 1.165) is 6.42 Å². The molecule has 0 aliphatic heterocycles. The number of allylic oxidation sites excluding steroid dienone is 12. The predicted molar refractivity (Wildman–Crippen MR) is 108 cm³/mol. The van der Waals surface area contributed by atoms with Crippen LogP contribution in [-0.2, 0) is 52.4 Å². The van der Waals surface area contributed by atoms with Crippen LogP contribution in [0.5, 0.6) is 0 Å². The van der Waals surface area contributed by atoms with Crippen LogP contribution < -0.4 is 0 Å². The second kappa shape index (κ2) is 10.8. The fourth-order valence-corrected chi connectivity index (χ4v) is 5.50. The van der Waals surface area contributed by atoms with Gasteiger partial charge in [0.25, 0.3) is 0 Å². The van der Waals surface area contributed by atoms with Gasteiger partial charge in [0.1, 0.15) is 0 Å². The molecule has 0 radical (unpaired) electrons. The first-order valence-electron chi connectivity index (χ1n) is 9.48. The molecule has 0 bridgehead atoms. The summed E-state index contributed by atoms with van der Waals surface area (Å²) < 4.78 is 0. The molecule has 4 aliphatic rings. The number of hydrogen-bond donors (Lipinski definition) is 0. The zero-order valence-electron chi connectivity index (χ0n) is 16.9. The maximum atomic E-state index is 3.81. The standard InChI is InChI=1S/C18H25Si.C5H5.2Zr/c1-10-11(2)13(4)17(12(10)3)18-15-8-6-5-7-14(15)9-16(18)19;1-2-4-5-3-1;;/h12,16H,5-8H2,1-4,19H3;1-3H,4H2;;/q2*-1;;. The molecular formula is C23H30SiZr2-2. The van der Waals surface area contributed by atoms with Crippen LogP contribution in [0.3, 0.4) is 0 Å². The van der Waals surface area contributed by atoms with Crippen LogP contribution in [0, 0.1) is 18.1 Å². The Hall–Kier alpha value is 0.423. The molecule has 4 aliphatic carbocycles. The van der Waals surface area contributed by atoms with Crippen LogP contribution in [0.1, 0.15) is 59.8 Å². The van der Waals surface area contributed by atoms with Gasteiger partial charge >= 0.3 is 0 Å². The van der Waals surface area contributed by atoms with E-state index in [1.54, 1.807) is 33.4 Å². The van der Waals surface area contributed by atoms with Crippen LogP contribution in [0.2, 0.25) is 5.54 Å². The summed E-state index contributed by atoms with van der Waals surface area (Å²) in [5.74, 6) is 0.627. The molecule has 0 heterocycles. The molecule has 2 unspecified atom stereocenters. The van der Waals surface area contributed by atoms with E-state index in [1.807, 2.05) is 12.2 Å². The molecule has 0 aromatic carbocycles. The van der Waals surface area contributed by atoms with Gasteiger partial charge in [-0.15, -0.1) is 17.5 Å². The maximum Gasteiger partial charge on any atom is 0.00128 e. The first kappa shape index (κ1) is 24.5. The topological polar surface area (TPSA) is 0 Å². The Bertz CT molecular complexity index is 706. The molecule has 26 heavy (non-hydrogen) atoms. The number of fused-ring (bicyclic) bond motifs is 1. The molecule has 1 fully saturated rings. The monoisotopic (exact) mass is 514 g/mol. The van der Waals surface area contributed by atoms with Crippen molar-refractivity contribution in [3.8, 4) is 0 Å². The average molecular weight is 517 g/mol. The van der Waals surface area contributed by atoms with Crippen LogP contribution in [0.15, 0.2) is 57.2 Å². The third-order valence-electron chi connectivity index (χ3n) is 6.13. The summed E-state index contributed by atoms with van der Waals surface area (Å²) in [7, 11) is 1.21. The van der Waals surface area contributed by atoms with E-state index < -0.39 is 0 Å². The quantitative estimate of drug-likeness (QED) is 0.325. The van der Waals surface area contributed by atoms with Gasteiger partial charge in [0.05, 0.1) is 0 Å². The number of hydrogen-bond acceptors (Lipinski definition) is 0. The second-order valence-electron chi connectivity index (χ2n) is 7.52. The number of rotatable bonds is 1. The Morgan fingerprint density at radius 1 is 1.00 bits per heavy atom. The molecule has 0 aromatic heterocycles. The van der Waals surface area contributed by atoms with Crippen LogP contribution >= 0.6 is 0 Å². The second-order valence-corrected chi connectivity index (χ2v) is 8.67. The first-order chi connectivity index (χ1) is 11.5. The molecule has 136 valence electrons. The minimum atomic E-state index is 0. The molecule has 2 atom stereocenters.